The van der Waals surface area contributed by atoms with Gasteiger partial charge in [0.2, 0.25) is 0 Å². The molecule has 0 bridgehead atoms. The van der Waals surface area contributed by atoms with Crippen molar-refractivity contribution in [3.63, 3.8) is 0 Å². The zero-order chi connectivity index (χ0) is 10.6. The first-order valence-electron chi connectivity index (χ1n) is 5.18. The number of ether oxygens (including phenoxy) is 1. The lowest BCUT2D eigenvalue weighted by Gasteiger charge is -2.35. The Balaban J connectivity index is 2.53. The predicted molar refractivity (Wildman–Crippen MR) is 53.3 cm³/mol. The minimum Gasteiger partial charge on any atom is -0.480 e. The highest BCUT2D eigenvalue weighted by molar-refractivity contribution is 5.73. The number of nitrogens with zero attached hydrogens (tertiary/aromatic N) is 1. The van der Waals surface area contributed by atoms with E-state index in [0.717, 1.165) is 25.9 Å². The van der Waals surface area contributed by atoms with Crippen LogP contribution in [-0.2, 0) is 9.53 Å². The molecule has 0 radical (unpaired) electrons. The van der Waals surface area contributed by atoms with E-state index in [9.17, 15) is 4.79 Å². The van der Waals surface area contributed by atoms with Crippen LogP contribution in [0.1, 0.15) is 26.2 Å². The molecule has 0 aromatic rings. The Labute approximate surface area is 84.8 Å². The van der Waals surface area contributed by atoms with E-state index in [4.69, 9.17) is 9.84 Å². The molecule has 0 aliphatic carbocycles. The van der Waals surface area contributed by atoms with E-state index >= 15 is 0 Å². The van der Waals surface area contributed by atoms with Crippen molar-refractivity contribution in [2.45, 2.75) is 38.3 Å². The van der Waals surface area contributed by atoms with E-state index in [1.54, 1.807) is 7.11 Å². The quantitative estimate of drug-likeness (QED) is 0.736. The predicted octanol–water partition coefficient (Wildman–Crippen LogP) is 0.960. The molecule has 0 saturated carbocycles. The lowest BCUT2D eigenvalue weighted by molar-refractivity contribution is -0.144. The van der Waals surface area contributed by atoms with E-state index in [2.05, 4.69) is 0 Å². The largest absolute Gasteiger partial charge is 0.480 e. The summed E-state index contributed by atoms with van der Waals surface area (Å²) < 4.78 is 5.26. The molecule has 14 heavy (non-hydrogen) atoms. The summed E-state index contributed by atoms with van der Waals surface area (Å²) in [5.74, 6) is -0.718. The smallest absolute Gasteiger partial charge is 0.320 e. The number of methoxy groups -OCH3 is 1. The Bertz CT molecular complexity index is 196. The first-order chi connectivity index (χ1) is 6.69. The van der Waals surface area contributed by atoms with Gasteiger partial charge in [0.1, 0.15) is 6.04 Å². The minimum absolute atomic E-state index is 0.206. The zero-order valence-electron chi connectivity index (χ0n) is 8.90. The van der Waals surface area contributed by atoms with Crippen LogP contribution in [0.2, 0.25) is 0 Å². The molecule has 0 aromatic heterocycles. The lowest BCUT2D eigenvalue weighted by atomic mass is 10.0. The summed E-state index contributed by atoms with van der Waals surface area (Å²) in [7, 11) is 1.69. The maximum Gasteiger partial charge on any atom is 0.320 e. The summed E-state index contributed by atoms with van der Waals surface area (Å²) >= 11 is 0. The van der Waals surface area contributed by atoms with Gasteiger partial charge in [-0.3, -0.25) is 9.69 Å². The van der Waals surface area contributed by atoms with Crippen molar-refractivity contribution in [3.05, 3.63) is 0 Å². The summed E-state index contributed by atoms with van der Waals surface area (Å²) in [6.45, 7) is 3.54. The van der Waals surface area contributed by atoms with Gasteiger partial charge in [0.25, 0.3) is 0 Å². The summed E-state index contributed by atoms with van der Waals surface area (Å²) in [6.07, 6.45) is 2.94. The molecule has 1 rings (SSSR count). The molecule has 0 amide bonds. The number of rotatable bonds is 4. The summed E-state index contributed by atoms with van der Waals surface area (Å²) in [4.78, 5) is 13.0. The lowest BCUT2D eigenvalue weighted by Crippen LogP contribution is -2.48. The number of carboxylic acids is 1. The van der Waals surface area contributed by atoms with E-state index in [-0.39, 0.29) is 12.1 Å². The van der Waals surface area contributed by atoms with Crippen molar-refractivity contribution < 1.29 is 14.6 Å². The van der Waals surface area contributed by atoms with Crippen LogP contribution in [0, 0.1) is 0 Å². The normalized spacial score (nSPS) is 26.0. The summed E-state index contributed by atoms with van der Waals surface area (Å²) in [5, 5.41) is 9.00. The number of carboxylic acid groups (broad SMARTS) is 1. The van der Waals surface area contributed by atoms with Crippen molar-refractivity contribution >= 4 is 5.97 Å². The van der Waals surface area contributed by atoms with Crippen molar-refractivity contribution in [2.75, 3.05) is 20.2 Å². The number of aliphatic carboxylic acids is 1. The molecule has 82 valence electrons. The molecule has 1 aliphatic rings. The second-order valence-corrected chi connectivity index (χ2v) is 3.76. The van der Waals surface area contributed by atoms with Crippen molar-refractivity contribution in [3.8, 4) is 0 Å². The van der Waals surface area contributed by atoms with Crippen LogP contribution in [-0.4, -0.2) is 48.3 Å². The zero-order valence-corrected chi connectivity index (χ0v) is 8.90. The van der Waals surface area contributed by atoms with Crippen LogP contribution in [0.4, 0.5) is 0 Å². The van der Waals surface area contributed by atoms with E-state index in [0.29, 0.717) is 6.42 Å². The molecule has 0 spiro atoms. The van der Waals surface area contributed by atoms with Crippen LogP contribution in [0.25, 0.3) is 0 Å². The maximum atomic E-state index is 10.9. The molecule has 1 heterocycles. The third-order valence-corrected chi connectivity index (χ3v) is 2.86. The van der Waals surface area contributed by atoms with E-state index in [1.165, 1.54) is 0 Å². The summed E-state index contributed by atoms with van der Waals surface area (Å²) in [5.41, 5.74) is 0. The van der Waals surface area contributed by atoms with Gasteiger partial charge < -0.3 is 9.84 Å². The van der Waals surface area contributed by atoms with Crippen LogP contribution in [0.5, 0.6) is 0 Å². The minimum atomic E-state index is -0.718. The standard InChI is InChI=1S/C10H19NO3/c1-3-9(10(12)13)11-6-4-5-8(7-11)14-2/h8-9H,3-7H2,1-2H3,(H,12,13). The summed E-state index contributed by atoms with van der Waals surface area (Å²) in [6, 6.07) is -0.340. The van der Waals surface area contributed by atoms with Gasteiger partial charge in [-0.05, 0) is 25.8 Å². The van der Waals surface area contributed by atoms with Gasteiger partial charge in [-0.1, -0.05) is 6.92 Å². The van der Waals surface area contributed by atoms with Crippen molar-refractivity contribution in [2.24, 2.45) is 0 Å². The van der Waals surface area contributed by atoms with Gasteiger partial charge in [0, 0.05) is 13.7 Å². The van der Waals surface area contributed by atoms with Crippen LogP contribution in [0.15, 0.2) is 0 Å². The topological polar surface area (TPSA) is 49.8 Å². The Hall–Kier alpha value is -0.610. The molecule has 0 aromatic carbocycles. The first kappa shape index (κ1) is 11.5. The van der Waals surface area contributed by atoms with Crippen molar-refractivity contribution in [1.82, 2.24) is 4.90 Å². The Morgan fingerprint density at radius 2 is 2.43 bits per heavy atom. The first-order valence-corrected chi connectivity index (χ1v) is 5.18. The fourth-order valence-corrected chi connectivity index (χ4v) is 2.03. The molecule has 1 saturated heterocycles. The van der Waals surface area contributed by atoms with Gasteiger partial charge in [-0.2, -0.15) is 0 Å². The van der Waals surface area contributed by atoms with Gasteiger partial charge >= 0.3 is 5.97 Å². The van der Waals surface area contributed by atoms with E-state index in [1.807, 2.05) is 11.8 Å². The van der Waals surface area contributed by atoms with Gasteiger partial charge in [-0.15, -0.1) is 0 Å². The van der Waals surface area contributed by atoms with E-state index < -0.39 is 5.97 Å². The Kier molecular flexibility index (Phi) is 4.35. The molecule has 1 aliphatic heterocycles. The highest BCUT2D eigenvalue weighted by Crippen LogP contribution is 2.16. The fourth-order valence-electron chi connectivity index (χ4n) is 2.03. The Morgan fingerprint density at radius 3 is 2.93 bits per heavy atom. The molecular formula is C10H19NO3. The fraction of sp³-hybridized carbons (Fsp3) is 0.900. The third-order valence-electron chi connectivity index (χ3n) is 2.86. The Morgan fingerprint density at radius 1 is 1.71 bits per heavy atom. The average Bonchev–Trinajstić information content (AvgIpc) is 2.19. The van der Waals surface area contributed by atoms with Gasteiger partial charge in [-0.25, -0.2) is 0 Å². The molecule has 2 unspecified atom stereocenters. The molecule has 2 atom stereocenters. The number of likely N-dealkylation sites (tertiary alicyclic amines) is 1. The maximum absolute atomic E-state index is 10.9. The molecule has 4 nitrogen and oxygen atoms in total. The third kappa shape index (κ3) is 2.69. The SMILES string of the molecule is CCC(C(=O)O)N1CCCC(OC)C1. The highest BCUT2D eigenvalue weighted by atomic mass is 16.5. The second kappa shape index (κ2) is 5.32. The van der Waals surface area contributed by atoms with Crippen molar-refractivity contribution in [1.29, 1.82) is 0 Å². The van der Waals surface area contributed by atoms with Crippen LogP contribution < -0.4 is 0 Å². The number of piperidine rings is 1. The number of hydrogen-bond acceptors (Lipinski definition) is 3. The monoisotopic (exact) mass is 201 g/mol. The number of hydrogen-bond donors (Lipinski definition) is 1. The van der Waals surface area contributed by atoms with Crippen LogP contribution >= 0.6 is 0 Å². The molecular weight excluding hydrogens is 182 g/mol. The second-order valence-electron chi connectivity index (χ2n) is 3.76. The van der Waals surface area contributed by atoms with Gasteiger partial charge in [0.15, 0.2) is 0 Å². The van der Waals surface area contributed by atoms with Crippen LogP contribution in [0.3, 0.4) is 0 Å². The number of carbonyl (C=O) groups is 1. The highest BCUT2D eigenvalue weighted by Gasteiger charge is 2.28. The molecule has 1 fully saturated rings. The molecule has 1 N–H and O–H groups in total. The molecule has 4 heteroatoms. The average molecular weight is 201 g/mol. The van der Waals surface area contributed by atoms with Gasteiger partial charge in [0.05, 0.1) is 6.10 Å².